The second-order valence-electron chi connectivity index (χ2n) is 4.02. The van der Waals surface area contributed by atoms with Gasteiger partial charge in [0.2, 0.25) is 5.91 Å². The Hall–Kier alpha value is -2.50. The summed E-state index contributed by atoms with van der Waals surface area (Å²) in [7, 11) is 0. The molecule has 0 unspecified atom stereocenters. The summed E-state index contributed by atoms with van der Waals surface area (Å²) >= 11 is 0. The topological polar surface area (TPSA) is 56.2 Å². The van der Waals surface area contributed by atoms with Crippen molar-refractivity contribution in [3.05, 3.63) is 53.8 Å². The predicted octanol–water partition coefficient (Wildman–Crippen LogP) is 3.46. The van der Waals surface area contributed by atoms with Gasteiger partial charge in [-0.2, -0.15) is 13.2 Å². The summed E-state index contributed by atoms with van der Waals surface area (Å²) in [5, 5.41) is 0. The van der Waals surface area contributed by atoms with Gasteiger partial charge in [0, 0.05) is 11.6 Å². The second kappa shape index (κ2) is 5.24. The van der Waals surface area contributed by atoms with Crippen LogP contribution < -0.4 is 5.73 Å². The summed E-state index contributed by atoms with van der Waals surface area (Å²) < 4.78 is 43.1. The number of hydrogen-bond acceptors (Lipinski definition) is 2. The quantitative estimate of drug-likeness (QED) is 0.876. The first-order valence-electron chi connectivity index (χ1n) is 5.61. The van der Waals surface area contributed by atoms with Crippen molar-refractivity contribution >= 4 is 12.0 Å². The van der Waals surface area contributed by atoms with E-state index in [2.05, 4.69) is 0 Å². The highest BCUT2D eigenvalue weighted by atomic mass is 19.4. The summed E-state index contributed by atoms with van der Waals surface area (Å²) in [6.07, 6.45) is -1.95. The van der Waals surface area contributed by atoms with E-state index >= 15 is 0 Å². The SMILES string of the molecule is NC(=O)C=Cc1ccc(-c2cccc(C(F)(F)F)c2)o1. The van der Waals surface area contributed by atoms with Crippen molar-refractivity contribution in [2.45, 2.75) is 6.18 Å². The number of furan rings is 1. The van der Waals surface area contributed by atoms with Crippen molar-refractivity contribution in [2.75, 3.05) is 0 Å². The molecule has 0 spiro atoms. The van der Waals surface area contributed by atoms with Crippen molar-refractivity contribution in [3.63, 3.8) is 0 Å². The molecular formula is C14H10F3NO2. The number of amides is 1. The molecule has 1 aromatic heterocycles. The average molecular weight is 281 g/mol. The van der Waals surface area contributed by atoms with E-state index in [-0.39, 0.29) is 5.76 Å². The molecule has 0 aliphatic carbocycles. The fourth-order valence-electron chi connectivity index (χ4n) is 1.61. The first-order valence-corrected chi connectivity index (χ1v) is 5.61. The first kappa shape index (κ1) is 13.9. The highest BCUT2D eigenvalue weighted by Crippen LogP contribution is 2.32. The lowest BCUT2D eigenvalue weighted by molar-refractivity contribution is -0.137. The molecule has 1 aromatic carbocycles. The van der Waals surface area contributed by atoms with Gasteiger partial charge in [-0.15, -0.1) is 0 Å². The van der Waals surface area contributed by atoms with Crippen LogP contribution in [-0.4, -0.2) is 5.91 Å². The molecule has 104 valence electrons. The molecule has 0 saturated heterocycles. The maximum Gasteiger partial charge on any atom is 0.416 e. The van der Waals surface area contributed by atoms with Gasteiger partial charge in [0.25, 0.3) is 0 Å². The van der Waals surface area contributed by atoms with Gasteiger partial charge < -0.3 is 10.2 Å². The lowest BCUT2D eigenvalue weighted by Gasteiger charge is -2.07. The van der Waals surface area contributed by atoms with Gasteiger partial charge in [0.15, 0.2) is 0 Å². The minimum absolute atomic E-state index is 0.278. The number of primary amides is 1. The minimum atomic E-state index is -4.41. The van der Waals surface area contributed by atoms with Crippen LogP contribution in [0, 0.1) is 0 Å². The van der Waals surface area contributed by atoms with Crippen molar-refractivity contribution in [1.82, 2.24) is 0 Å². The summed E-state index contributed by atoms with van der Waals surface area (Å²) in [6.45, 7) is 0. The van der Waals surface area contributed by atoms with Crippen molar-refractivity contribution in [1.29, 1.82) is 0 Å². The standard InChI is InChI=1S/C14H10F3NO2/c15-14(16,17)10-3-1-2-9(8-10)12-6-4-11(20-12)5-7-13(18)19/h1-8H,(H2,18,19). The second-order valence-corrected chi connectivity index (χ2v) is 4.02. The Balaban J connectivity index is 2.31. The number of carbonyl (C=O) groups is 1. The fraction of sp³-hybridized carbons (Fsp3) is 0.0714. The van der Waals surface area contributed by atoms with Gasteiger partial charge in [0.05, 0.1) is 5.56 Å². The van der Waals surface area contributed by atoms with Crippen LogP contribution in [0.15, 0.2) is 46.9 Å². The summed E-state index contributed by atoms with van der Waals surface area (Å²) in [5.41, 5.74) is 4.49. The van der Waals surface area contributed by atoms with Crippen molar-refractivity contribution in [3.8, 4) is 11.3 Å². The number of benzene rings is 1. The molecule has 0 fully saturated rings. The van der Waals surface area contributed by atoms with Crippen LogP contribution >= 0.6 is 0 Å². The lowest BCUT2D eigenvalue weighted by atomic mass is 10.1. The molecule has 0 saturated carbocycles. The van der Waals surface area contributed by atoms with E-state index in [1.54, 1.807) is 0 Å². The molecule has 2 rings (SSSR count). The Kier molecular flexibility index (Phi) is 3.65. The molecular weight excluding hydrogens is 271 g/mol. The van der Waals surface area contributed by atoms with Gasteiger partial charge in [0.1, 0.15) is 11.5 Å². The van der Waals surface area contributed by atoms with Crippen LogP contribution in [0.3, 0.4) is 0 Å². The molecule has 0 radical (unpaired) electrons. The molecule has 0 aliphatic heterocycles. The average Bonchev–Trinajstić information content (AvgIpc) is 2.84. The molecule has 0 atom stereocenters. The summed E-state index contributed by atoms with van der Waals surface area (Å²) in [5.74, 6) is -0.0292. The van der Waals surface area contributed by atoms with Crippen LogP contribution in [-0.2, 0) is 11.0 Å². The van der Waals surface area contributed by atoms with Crippen molar-refractivity contribution in [2.24, 2.45) is 5.73 Å². The highest BCUT2D eigenvalue weighted by molar-refractivity contribution is 5.89. The number of rotatable bonds is 3. The van der Waals surface area contributed by atoms with E-state index in [9.17, 15) is 18.0 Å². The van der Waals surface area contributed by atoms with Crippen LogP contribution in [0.4, 0.5) is 13.2 Å². The Morgan fingerprint density at radius 3 is 2.60 bits per heavy atom. The number of nitrogens with two attached hydrogens (primary N) is 1. The van der Waals surface area contributed by atoms with E-state index in [4.69, 9.17) is 10.2 Å². The van der Waals surface area contributed by atoms with E-state index in [0.717, 1.165) is 18.2 Å². The van der Waals surface area contributed by atoms with Gasteiger partial charge in [-0.3, -0.25) is 4.79 Å². The predicted molar refractivity (Wildman–Crippen MR) is 67.4 cm³/mol. The minimum Gasteiger partial charge on any atom is -0.457 e. The van der Waals surface area contributed by atoms with E-state index in [1.165, 1.54) is 30.3 Å². The Morgan fingerprint density at radius 2 is 1.95 bits per heavy atom. The maximum atomic E-state index is 12.6. The molecule has 20 heavy (non-hydrogen) atoms. The molecule has 0 aliphatic rings. The normalized spacial score (nSPS) is 11.9. The van der Waals surface area contributed by atoms with E-state index in [1.807, 2.05) is 0 Å². The van der Waals surface area contributed by atoms with Crippen LogP contribution in [0.1, 0.15) is 11.3 Å². The molecule has 1 heterocycles. The Bertz CT molecular complexity index is 656. The monoisotopic (exact) mass is 281 g/mol. The zero-order valence-electron chi connectivity index (χ0n) is 10.1. The lowest BCUT2D eigenvalue weighted by Crippen LogP contribution is -2.04. The summed E-state index contributed by atoms with van der Waals surface area (Å²) in [6, 6.07) is 7.86. The molecule has 2 aromatic rings. The zero-order valence-corrected chi connectivity index (χ0v) is 10.1. The molecule has 0 bridgehead atoms. The van der Waals surface area contributed by atoms with Crippen molar-refractivity contribution < 1.29 is 22.4 Å². The largest absolute Gasteiger partial charge is 0.457 e. The first-order chi connectivity index (χ1) is 9.36. The zero-order chi connectivity index (χ0) is 14.8. The number of hydrogen-bond donors (Lipinski definition) is 1. The van der Waals surface area contributed by atoms with E-state index < -0.39 is 17.6 Å². The number of alkyl halides is 3. The molecule has 3 nitrogen and oxygen atoms in total. The molecule has 1 amide bonds. The maximum absolute atomic E-state index is 12.6. The van der Waals surface area contributed by atoms with Gasteiger partial charge in [-0.05, 0) is 30.3 Å². The third-order valence-electron chi connectivity index (χ3n) is 2.51. The summed E-state index contributed by atoms with van der Waals surface area (Å²) in [4.78, 5) is 10.6. The van der Waals surface area contributed by atoms with Gasteiger partial charge >= 0.3 is 6.18 Å². The highest BCUT2D eigenvalue weighted by Gasteiger charge is 2.30. The number of carbonyl (C=O) groups excluding carboxylic acids is 1. The third kappa shape index (κ3) is 3.28. The Labute approximate surface area is 112 Å². The number of halogens is 3. The fourth-order valence-corrected chi connectivity index (χ4v) is 1.61. The smallest absolute Gasteiger partial charge is 0.416 e. The molecule has 2 N–H and O–H groups in total. The Morgan fingerprint density at radius 1 is 1.20 bits per heavy atom. The van der Waals surface area contributed by atoms with Crippen LogP contribution in [0.25, 0.3) is 17.4 Å². The van der Waals surface area contributed by atoms with E-state index in [0.29, 0.717) is 11.3 Å². The van der Waals surface area contributed by atoms with Crippen LogP contribution in [0.2, 0.25) is 0 Å². The van der Waals surface area contributed by atoms with Crippen LogP contribution in [0.5, 0.6) is 0 Å². The van der Waals surface area contributed by atoms with Gasteiger partial charge in [-0.25, -0.2) is 0 Å². The molecule has 6 heteroatoms. The third-order valence-corrected chi connectivity index (χ3v) is 2.51. The van der Waals surface area contributed by atoms with Gasteiger partial charge in [-0.1, -0.05) is 12.1 Å².